The highest BCUT2D eigenvalue weighted by Crippen LogP contribution is 2.27. The summed E-state index contributed by atoms with van der Waals surface area (Å²) < 4.78 is 5.47. The van der Waals surface area contributed by atoms with Crippen molar-refractivity contribution in [2.45, 2.75) is 33.1 Å². The number of nitriles is 1. The second-order valence-electron chi connectivity index (χ2n) is 4.58. The molecule has 0 spiro atoms. The number of ketones is 1. The van der Waals surface area contributed by atoms with E-state index in [1.165, 1.54) is 0 Å². The molecular weight excluding hydrogens is 230 g/mol. The van der Waals surface area contributed by atoms with E-state index in [2.05, 4.69) is 4.98 Å². The van der Waals surface area contributed by atoms with E-state index in [0.717, 1.165) is 25.9 Å². The van der Waals surface area contributed by atoms with E-state index in [1.54, 1.807) is 6.92 Å². The van der Waals surface area contributed by atoms with Gasteiger partial charge in [-0.25, -0.2) is 4.98 Å². The first kappa shape index (κ1) is 12.6. The summed E-state index contributed by atoms with van der Waals surface area (Å²) >= 11 is 0. The molecule has 0 bridgehead atoms. The molecule has 0 saturated carbocycles. The minimum absolute atomic E-state index is 0.167. The van der Waals surface area contributed by atoms with Gasteiger partial charge in [0.15, 0.2) is 5.89 Å². The molecule has 0 aromatic carbocycles. The molecule has 0 unspecified atom stereocenters. The third-order valence-corrected chi connectivity index (χ3v) is 3.41. The van der Waals surface area contributed by atoms with Crippen molar-refractivity contribution in [3.8, 4) is 6.07 Å². The first-order valence-electron chi connectivity index (χ1n) is 6.31. The first-order valence-corrected chi connectivity index (χ1v) is 6.31. The van der Waals surface area contributed by atoms with Crippen LogP contribution in [0.1, 0.15) is 37.8 Å². The van der Waals surface area contributed by atoms with Gasteiger partial charge in [0.25, 0.3) is 0 Å². The Morgan fingerprint density at radius 1 is 1.56 bits per heavy atom. The number of rotatable bonds is 3. The number of Topliss-reactive ketones (excluding diaryl/α,β-unsaturated/α-hetero) is 1. The molecule has 96 valence electrons. The highest BCUT2D eigenvalue weighted by Gasteiger charge is 2.27. The van der Waals surface area contributed by atoms with Gasteiger partial charge in [-0.15, -0.1) is 0 Å². The number of anilines is 1. The van der Waals surface area contributed by atoms with Crippen LogP contribution in [-0.2, 0) is 4.79 Å². The molecule has 0 atom stereocenters. The fraction of sp³-hybridized carbons (Fsp3) is 0.615. The van der Waals surface area contributed by atoms with Gasteiger partial charge < -0.3 is 9.32 Å². The molecular formula is C13H17N3O2. The van der Waals surface area contributed by atoms with Crippen molar-refractivity contribution in [2.75, 3.05) is 18.0 Å². The van der Waals surface area contributed by atoms with E-state index in [-0.39, 0.29) is 5.92 Å². The van der Waals surface area contributed by atoms with Crippen LogP contribution >= 0.6 is 0 Å². The number of aryl methyl sites for hydroxylation is 1. The second kappa shape index (κ2) is 5.21. The van der Waals surface area contributed by atoms with Crippen LogP contribution < -0.4 is 4.90 Å². The van der Waals surface area contributed by atoms with Gasteiger partial charge in [0.05, 0.1) is 0 Å². The molecule has 2 rings (SSSR count). The molecule has 0 aliphatic carbocycles. The predicted octanol–water partition coefficient (Wildman–Crippen LogP) is 2.05. The fourth-order valence-corrected chi connectivity index (χ4v) is 2.40. The lowest BCUT2D eigenvalue weighted by atomic mass is 9.91. The summed E-state index contributed by atoms with van der Waals surface area (Å²) in [5, 5.41) is 8.99. The SMILES string of the molecule is CCC(=O)C1CCN(c2oc(C)nc2C#N)CC1. The van der Waals surface area contributed by atoms with Gasteiger partial charge in [0.1, 0.15) is 11.9 Å². The fourth-order valence-electron chi connectivity index (χ4n) is 2.40. The van der Waals surface area contributed by atoms with Gasteiger partial charge in [-0.3, -0.25) is 4.79 Å². The van der Waals surface area contributed by atoms with E-state index >= 15 is 0 Å². The molecule has 1 aromatic rings. The maximum atomic E-state index is 11.6. The van der Waals surface area contributed by atoms with Crippen LogP contribution in [0.2, 0.25) is 0 Å². The zero-order valence-electron chi connectivity index (χ0n) is 10.8. The topological polar surface area (TPSA) is 70.1 Å². The number of aromatic nitrogens is 1. The molecule has 1 fully saturated rings. The molecule has 5 nitrogen and oxygen atoms in total. The normalized spacial score (nSPS) is 16.6. The minimum atomic E-state index is 0.167. The summed E-state index contributed by atoms with van der Waals surface area (Å²) in [5.41, 5.74) is 0.341. The monoisotopic (exact) mass is 247 g/mol. The Kier molecular flexibility index (Phi) is 3.66. The van der Waals surface area contributed by atoms with Crippen molar-refractivity contribution in [3.63, 3.8) is 0 Å². The van der Waals surface area contributed by atoms with Crippen LogP contribution in [0.4, 0.5) is 5.88 Å². The second-order valence-corrected chi connectivity index (χ2v) is 4.58. The smallest absolute Gasteiger partial charge is 0.234 e. The maximum Gasteiger partial charge on any atom is 0.234 e. The van der Waals surface area contributed by atoms with E-state index in [4.69, 9.17) is 9.68 Å². The molecule has 18 heavy (non-hydrogen) atoms. The predicted molar refractivity (Wildman–Crippen MR) is 66.2 cm³/mol. The Bertz CT molecular complexity index is 479. The molecule has 1 aliphatic heterocycles. The van der Waals surface area contributed by atoms with E-state index < -0.39 is 0 Å². The Morgan fingerprint density at radius 3 is 2.78 bits per heavy atom. The number of carbonyl (C=O) groups is 1. The largest absolute Gasteiger partial charge is 0.424 e. The average molecular weight is 247 g/mol. The van der Waals surface area contributed by atoms with E-state index in [0.29, 0.717) is 29.7 Å². The standard InChI is InChI=1S/C13H17N3O2/c1-3-12(17)10-4-6-16(7-5-10)13-11(8-14)15-9(2)18-13/h10H,3-7H2,1-2H3. The Hall–Kier alpha value is -1.83. The lowest BCUT2D eigenvalue weighted by molar-refractivity contribution is -0.123. The van der Waals surface area contributed by atoms with Crippen molar-refractivity contribution in [1.29, 1.82) is 5.26 Å². The highest BCUT2D eigenvalue weighted by atomic mass is 16.4. The Labute approximate surface area is 106 Å². The van der Waals surface area contributed by atoms with Crippen molar-refractivity contribution in [2.24, 2.45) is 5.92 Å². The number of piperidine rings is 1. The quantitative estimate of drug-likeness (QED) is 0.817. The minimum Gasteiger partial charge on any atom is -0.424 e. The summed E-state index contributed by atoms with van der Waals surface area (Å²) in [6, 6.07) is 2.05. The number of hydrogen-bond acceptors (Lipinski definition) is 5. The summed E-state index contributed by atoms with van der Waals surface area (Å²) in [7, 11) is 0. The van der Waals surface area contributed by atoms with Crippen LogP contribution in [0.3, 0.4) is 0 Å². The zero-order chi connectivity index (χ0) is 13.1. The first-order chi connectivity index (χ1) is 8.65. The van der Waals surface area contributed by atoms with Crippen molar-refractivity contribution in [1.82, 2.24) is 4.98 Å². The molecule has 0 N–H and O–H groups in total. The van der Waals surface area contributed by atoms with Crippen LogP contribution in [-0.4, -0.2) is 23.9 Å². The highest BCUT2D eigenvalue weighted by molar-refractivity contribution is 5.81. The molecule has 5 heteroatoms. The lowest BCUT2D eigenvalue weighted by Crippen LogP contribution is -2.36. The summed E-state index contributed by atoms with van der Waals surface area (Å²) in [4.78, 5) is 17.7. The summed E-state index contributed by atoms with van der Waals surface area (Å²) in [6.07, 6.45) is 2.27. The van der Waals surface area contributed by atoms with Gasteiger partial charge in [0.2, 0.25) is 11.6 Å². The molecule has 0 radical (unpaired) electrons. The van der Waals surface area contributed by atoms with Crippen LogP contribution in [0, 0.1) is 24.2 Å². The van der Waals surface area contributed by atoms with Crippen molar-refractivity contribution < 1.29 is 9.21 Å². The number of carbonyl (C=O) groups excluding carboxylic acids is 1. The molecule has 2 heterocycles. The Morgan fingerprint density at radius 2 is 2.22 bits per heavy atom. The van der Waals surface area contributed by atoms with Crippen molar-refractivity contribution >= 4 is 11.7 Å². The molecule has 0 amide bonds. The Balaban J connectivity index is 2.06. The van der Waals surface area contributed by atoms with Crippen LogP contribution in [0.25, 0.3) is 0 Å². The van der Waals surface area contributed by atoms with Gasteiger partial charge in [-0.05, 0) is 12.8 Å². The molecule has 1 saturated heterocycles. The van der Waals surface area contributed by atoms with Crippen LogP contribution in [0.15, 0.2) is 4.42 Å². The van der Waals surface area contributed by atoms with Gasteiger partial charge >= 0.3 is 0 Å². The van der Waals surface area contributed by atoms with Gasteiger partial charge in [-0.2, -0.15) is 5.26 Å². The van der Waals surface area contributed by atoms with Crippen molar-refractivity contribution in [3.05, 3.63) is 11.6 Å². The van der Waals surface area contributed by atoms with Gasteiger partial charge in [0, 0.05) is 32.4 Å². The number of hydrogen-bond donors (Lipinski definition) is 0. The molecule has 1 aliphatic rings. The van der Waals surface area contributed by atoms with E-state index in [1.807, 2.05) is 17.9 Å². The maximum absolute atomic E-state index is 11.6. The third kappa shape index (κ3) is 2.37. The summed E-state index contributed by atoms with van der Waals surface area (Å²) in [5.74, 6) is 1.57. The number of oxazole rings is 1. The van der Waals surface area contributed by atoms with E-state index in [9.17, 15) is 4.79 Å². The van der Waals surface area contributed by atoms with Gasteiger partial charge in [-0.1, -0.05) is 6.92 Å². The zero-order valence-corrected chi connectivity index (χ0v) is 10.8. The average Bonchev–Trinajstić information content (AvgIpc) is 2.79. The third-order valence-electron chi connectivity index (χ3n) is 3.41. The van der Waals surface area contributed by atoms with Crippen LogP contribution in [0.5, 0.6) is 0 Å². The lowest BCUT2D eigenvalue weighted by Gasteiger charge is -2.30. The molecule has 1 aromatic heterocycles. The number of nitrogens with zero attached hydrogens (tertiary/aromatic N) is 3. The summed E-state index contributed by atoms with van der Waals surface area (Å²) in [6.45, 7) is 5.14.